The zero-order chi connectivity index (χ0) is 16.2. The number of phenols is 1. The van der Waals surface area contributed by atoms with E-state index in [2.05, 4.69) is 50.4 Å². The number of carbonyl (C=O) groups is 1. The van der Waals surface area contributed by atoms with Crippen LogP contribution in [0.3, 0.4) is 0 Å². The predicted octanol–water partition coefficient (Wildman–Crippen LogP) is 4.26. The van der Waals surface area contributed by atoms with Crippen molar-refractivity contribution in [2.45, 2.75) is 39.0 Å². The lowest BCUT2D eigenvalue weighted by atomic mass is 9.86. The van der Waals surface area contributed by atoms with Crippen molar-refractivity contribution in [2.24, 2.45) is 0 Å². The van der Waals surface area contributed by atoms with Gasteiger partial charge >= 0.3 is 0 Å². The molecule has 3 heteroatoms. The van der Waals surface area contributed by atoms with Gasteiger partial charge in [0, 0.05) is 6.42 Å². The van der Waals surface area contributed by atoms with Gasteiger partial charge in [0.2, 0.25) is 5.91 Å². The first kappa shape index (κ1) is 16.1. The molecule has 0 saturated carbocycles. The van der Waals surface area contributed by atoms with Gasteiger partial charge in [-0.05, 0) is 35.1 Å². The van der Waals surface area contributed by atoms with Crippen LogP contribution >= 0.6 is 0 Å². The van der Waals surface area contributed by atoms with Crippen molar-refractivity contribution in [3.63, 3.8) is 0 Å². The molecule has 0 aliphatic heterocycles. The Morgan fingerprint density at radius 1 is 1.05 bits per heavy atom. The summed E-state index contributed by atoms with van der Waals surface area (Å²) in [5.41, 5.74) is 3.02. The summed E-state index contributed by atoms with van der Waals surface area (Å²) in [4.78, 5) is 11.9. The van der Waals surface area contributed by atoms with Crippen LogP contribution in [0, 0.1) is 0 Å². The second-order valence-corrected chi connectivity index (χ2v) is 6.51. The molecule has 0 aromatic heterocycles. The number of benzene rings is 2. The van der Waals surface area contributed by atoms with E-state index in [1.807, 2.05) is 0 Å². The van der Waals surface area contributed by atoms with E-state index in [9.17, 15) is 9.90 Å². The second kappa shape index (κ2) is 6.65. The number of aromatic hydroxyl groups is 1. The van der Waals surface area contributed by atoms with Crippen LogP contribution in [0.1, 0.15) is 38.3 Å². The van der Waals surface area contributed by atoms with Gasteiger partial charge in [-0.2, -0.15) is 0 Å². The van der Waals surface area contributed by atoms with E-state index in [1.54, 1.807) is 24.3 Å². The molecule has 0 spiro atoms. The fourth-order valence-electron chi connectivity index (χ4n) is 2.22. The smallest absolute Gasteiger partial charge is 0.224 e. The summed E-state index contributed by atoms with van der Waals surface area (Å²) >= 11 is 0. The first-order valence-electron chi connectivity index (χ1n) is 7.53. The Hall–Kier alpha value is -2.29. The molecule has 116 valence electrons. The van der Waals surface area contributed by atoms with E-state index in [4.69, 9.17) is 0 Å². The van der Waals surface area contributed by atoms with Crippen LogP contribution in [0.15, 0.2) is 48.5 Å². The third kappa shape index (κ3) is 4.35. The van der Waals surface area contributed by atoms with Crippen molar-refractivity contribution in [3.8, 4) is 5.75 Å². The van der Waals surface area contributed by atoms with Crippen molar-refractivity contribution < 1.29 is 9.90 Å². The minimum atomic E-state index is -0.0959. The van der Waals surface area contributed by atoms with E-state index in [1.165, 1.54) is 5.56 Å². The average Bonchev–Trinajstić information content (AvgIpc) is 2.47. The highest BCUT2D eigenvalue weighted by Gasteiger charge is 2.13. The summed E-state index contributed by atoms with van der Waals surface area (Å²) in [7, 11) is 0. The molecule has 2 aromatic carbocycles. The molecule has 0 fully saturated rings. The highest BCUT2D eigenvalue weighted by Crippen LogP contribution is 2.23. The molecule has 0 radical (unpaired) electrons. The maximum absolute atomic E-state index is 11.9. The Bertz CT molecular complexity index is 639. The number of para-hydroxylation sites is 2. The fourth-order valence-corrected chi connectivity index (χ4v) is 2.22. The van der Waals surface area contributed by atoms with Gasteiger partial charge in [-0.3, -0.25) is 4.79 Å². The van der Waals surface area contributed by atoms with Crippen molar-refractivity contribution in [1.82, 2.24) is 0 Å². The van der Waals surface area contributed by atoms with Gasteiger partial charge in [0.05, 0.1) is 5.69 Å². The van der Waals surface area contributed by atoms with Crippen molar-refractivity contribution in [1.29, 1.82) is 0 Å². The molecule has 2 rings (SSSR count). The third-order valence-electron chi connectivity index (χ3n) is 3.64. The molecule has 0 bridgehead atoms. The summed E-state index contributed by atoms with van der Waals surface area (Å²) in [6.45, 7) is 6.55. The summed E-state index contributed by atoms with van der Waals surface area (Å²) in [6.07, 6.45) is 1.08. The molecule has 0 aliphatic carbocycles. The molecule has 0 unspecified atom stereocenters. The quantitative estimate of drug-likeness (QED) is 0.828. The number of aryl methyl sites for hydroxylation is 1. The molecule has 0 saturated heterocycles. The van der Waals surface area contributed by atoms with Crippen LogP contribution in [-0.4, -0.2) is 11.0 Å². The van der Waals surface area contributed by atoms with Crippen LogP contribution in [0.25, 0.3) is 0 Å². The number of anilines is 1. The van der Waals surface area contributed by atoms with Crippen LogP contribution in [0.4, 0.5) is 5.69 Å². The van der Waals surface area contributed by atoms with Gasteiger partial charge in [-0.25, -0.2) is 0 Å². The average molecular weight is 297 g/mol. The third-order valence-corrected chi connectivity index (χ3v) is 3.64. The molecule has 1 amide bonds. The lowest BCUT2D eigenvalue weighted by molar-refractivity contribution is -0.116. The van der Waals surface area contributed by atoms with Crippen LogP contribution < -0.4 is 5.32 Å². The second-order valence-electron chi connectivity index (χ2n) is 6.51. The number of hydrogen-bond donors (Lipinski definition) is 2. The van der Waals surface area contributed by atoms with Gasteiger partial charge < -0.3 is 10.4 Å². The van der Waals surface area contributed by atoms with Gasteiger partial charge in [-0.15, -0.1) is 0 Å². The topological polar surface area (TPSA) is 49.3 Å². The molecule has 0 aliphatic rings. The zero-order valence-electron chi connectivity index (χ0n) is 13.4. The lowest BCUT2D eigenvalue weighted by Gasteiger charge is -2.19. The number of carbonyl (C=O) groups excluding carboxylic acids is 1. The highest BCUT2D eigenvalue weighted by molar-refractivity contribution is 5.92. The lowest BCUT2D eigenvalue weighted by Crippen LogP contribution is -2.13. The molecule has 0 atom stereocenters. The molecule has 22 heavy (non-hydrogen) atoms. The summed E-state index contributed by atoms with van der Waals surface area (Å²) in [5, 5.41) is 12.4. The van der Waals surface area contributed by atoms with Crippen LogP contribution in [0.5, 0.6) is 5.75 Å². The van der Waals surface area contributed by atoms with Gasteiger partial charge in [0.1, 0.15) is 5.75 Å². The SMILES string of the molecule is CC(C)(C)c1ccc(CCC(=O)Nc2ccccc2O)cc1. The minimum absolute atomic E-state index is 0.0883. The Balaban J connectivity index is 1.90. The molecule has 3 nitrogen and oxygen atoms in total. The van der Waals surface area contributed by atoms with E-state index >= 15 is 0 Å². The molecular weight excluding hydrogens is 274 g/mol. The van der Waals surface area contributed by atoms with Crippen LogP contribution in [0.2, 0.25) is 0 Å². The molecular formula is C19H23NO2. The van der Waals surface area contributed by atoms with Gasteiger partial charge in [0.15, 0.2) is 0 Å². The maximum Gasteiger partial charge on any atom is 0.224 e. The standard InChI is InChI=1S/C19H23NO2/c1-19(2,3)15-11-8-14(9-12-15)10-13-18(22)20-16-6-4-5-7-17(16)21/h4-9,11-12,21H,10,13H2,1-3H3,(H,20,22). The number of rotatable bonds is 4. The summed E-state index contributed by atoms with van der Waals surface area (Å²) in [6, 6.07) is 15.1. The van der Waals surface area contributed by atoms with Gasteiger partial charge in [-0.1, -0.05) is 57.2 Å². The predicted molar refractivity (Wildman–Crippen MR) is 90.2 cm³/mol. The molecule has 0 heterocycles. The van der Waals surface area contributed by atoms with Crippen molar-refractivity contribution in [3.05, 3.63) is 59.7 Å². The van der Waals surface area contributed by atoms with Gasteiger partial charge in [0.25, 0.3) is 0 Å². The van der Waals surface area contributed by atoms with E-state index in [0.717, 1.165) is 5.56 Å². The molecule has 2 aromatic rings. The van der Waals surface area contributed by atoms with Crippen LogP contribution in [-0.2, 0) is 16.6 Å². The van der Waals surface area contributed by atoms with Crippen molar-refractivity contribution >= 4 is 11.6 Å². The fraction of sp³-hybridized carbons (Fsp3) is 0.316. The normalized spacial score (nSPS) is 11.2. The highest BCUT2D eigenvalue weighted by atomic mass is 16.3. The largest absolute Gasteiger partial charge is 0.506 e. The number of amides is 1. The Labute approximate surface area is 132 Å². The monoisotopic (exact) mass is 297 g/mol. The Morgan fingerprint density at radius 3 is 2.27 bits per heavy atom. The number of phenolic OH excluding ortho intramolecular Hbond substituents is 1. The first-order chi connectivity index (χ1) is 10.4. The zero-order valence-corrected chi connectivity index (χ0v) is 13.4. The first-order valence-corrected chi connectivity index (χ1v) is 7.53. The summed E-state index contributed by atoms with van der Waals surface area (Å²) < 4.78 is 0. The molecule has 2 N–H and O–H groups in total. The maximum atomic E-state index is 11.9. The van der Waals surface area contributed by atoms with E-state index in [0.29, 0.717) is 18.5 Å². The number of nitrogens with one attached hydrogen (secondary N) is 1. The summed E-state index contributed by atoms with van der Waals surface area (Å²) in [5.74, 6) is -0.00761. The number of hydrogen-bond acceptors (Lipinski definition) is 2. The van der Waals surface area contributed by atoms with E-state index < -0.39 is 0 Å². The Morgan fingerprint density at radius 2 is 1.68 bits per heavy atom. The minimum Gasteiger partial charge on any atom is -0.506 e. The van der Waals surface area contributed by atoms with Crippen molar-refractivity contribution in [2.75, 3.05) is 5.32 Å². The van der Waals surface area contributed by atoms with E-state index in [-0.39, 0.29) is 17.1 Å². The Kier molecular flexibility index (Phi) is 4.86.